The van der Waals surface area contributed by atoms with E-state index in [1.807, 2.05) is 49.3 Å². The fraction of sp³-hybridized carbons (Fsp3) is 0.263. The standard InChI is InChI=1S/C19H23N3O3/c1-22(2)12-17(14-6-4-3-5-7-14)21-19(24)15-8-10-16(11-9-15)25-13-18(20)23/h3-11,17H,12-13H2,1-2H3,(H2,20,23)(H,21,24)/t17-/m1/s1. The van der Waals surface area contributed by atoms with Crippen molar-refractivity contribution in [2.45, 2.75) is 6.04 Å². The van der Waals surface area contributed by atoms with E-state index in [0.717, 1.165) is 5.56 Å². The first-order valence-electron chi connectivity index (χ1n) is 7.97. The lowest BCUT2D eigenvalue weighted by molar-refractivity contribution is -0.119. The molecule has 1 atom stereocenters. The van der Waals surface area contributed by atoms with Gasteiger partial charge in [0.1, 0.15) is 5.75 Å². The van der Waals surface area contributed by atoms with Gasteiger partial charge in [-0.15, -0.1) is 0 Å². The smallest absolute Gasteiger partial charge is 0.255 e. The molecule has 3 N–H and O–H groups in total. The van der Waals surface area contributed by atoms with Gasteiger partial charge in [0.2, 0.25) is 0 Å². The number of nitrogens with two attached hydrogens (primary N) is 1. The first-order chi connectivity index (χ1) is 12.0. The monoisotopic (exact) mass is 341 g/mol. The van der Waals surface area contributed by atoms with Gasteiger partial charge >= 0.3 is 0 Å². The van der Waals surface area contributed by atoms with Crippen molar-refractivity contribution in [3.8, 4) is 5.75 Å². The number of hydrogen-bond acceptors (Lipinski definition) is 4. The third-order valence-corrected chi connectivity index (χ3v) is 3.55. The third-order valence-electron chi connectivity index (χ3n) is 3.55. The van der Waals surface area contributed by atoms with Gasteiger partial charge in [-0.3, -0.25) is 9.59 Å². The Morgan fingerprint density at radius 3 is 2.28 bits per heavy atom. The summed E-state index contributed by atoms with van der Waals surface area (Å²) < 4.78 is 5.19. The lowest BCUT2D eigenvalue weighted by Crippen LogP contribution is -2.35. The van der Waals surface area contributed by atoms with Crippen LogP contribution in [0.1, 0.15) is 22.0 Å². The molecule has 0 fully saturated rings. The number of likely N-dealkylation sites (N-methyl/N-ethyl adjacent to an activating group) is 1. The molecule has 2 aromatic carbocycles. The minimum atomic E-state index is -0.545. The van der Waals surface area contributed by atoms with Gasteiger partial charge in [0.05, 0.1) is 6.04 Å². The fourth-order valence-corrected chi connectivity index (χ4v) is 2.38. The predicted molar refractivity (Wildman–Crippen MR) is 96.3 cm³/mol. The molecule has 2 amide bonds. The number of carbonyl (C=O) groups is 2. The number of rotatable bonds is 8. The summed E-state index contributed by atoms with van der Waals surface area (Å²) in [6.45, 7) is 0.500. The summed E-state index contributed by atoms with van der Waals surface area (Å²) in [7, 11) is 3.93. The van der Waals surface area contributed by atoms with Crippen molar-refractivity contribution >= 4 is 11.8 Å². The number of ether oxygens (including phenoxy) is 1. The van der Waals surface area contributed by atoms with E-state index in [2.05, 4.69) is 5.32 Å². The van der Waals surface area contributed by atoms with E-state index in [1.54, 1.807) is 24.3 Å². The van der Waals surface area contributed by atoms with Crippen LogP contribution in [0.2, 0.25) is 0 Å². The highest BCUT2D eigenvalue weighted by Crippen LogP contribution is 2.16. The van der Waals surface area contributed by atoms with Gasteiger partial charge in [-0.2, -0.15) is 0 Å². The molecule has 132 valence electrons. The average molecular weight is 341 g/mol. The molecule has 0 aliphatic rings. The molecule has 0 aliphatic carbocycles. The number of nitrogens with zero attached hydrogens (tertiary/aromatic N) is 1. The van der Waals surface area contributed by atoms with Gasteiger partial charge in [0, 0.05) is 12.1 Å². The van der Waals surface area contributed by atoms with Crippen LogP contribution in [-0.4, -0.2) is 44.0 Å². The molecule has 0 aromatic heterocycles. The van der Waals surface area contributed by atoms with Crippen LogP contribution in [0.15, 0.2) is 54.6 Å². The van der Waals surface area contributed by atoms with Crippen molar-refractivity contribution in [1.29, 1.82) is 0 Å². The second kappa shape index (κ2) is 8.84. The summed E-state index contributed by atoms with van der Waals surface area (Å²) in [4.78, 5) is 25.3. The molecule has 0 radical (unpaired) electrons. The van der Waals surface area contributed by atoms with Gasteiger partial charge in [-0.25, -0.2) is 0 Å². The Balaban J connectivity index is 2.06. The zero-order chi connectivity index (χ0) is 18.2. The van der Waals surface area contributed by atoms with Crippen molar-refractivity contribution in [3.05, 3.63) is 65.7 Å². The number of nitrogens with one attached hydrogen (secondary N) is 1. The summed E-state index contributed by atoms with van der Waals surface area (Å²) in [5.74, 6) is -0.225. The highest BCUT2D eigenvalue weighted by molar-refractivity contribution is 5.94. The Kier molecular flexibility index (Phi) is 6.54. The number of primary amides is 1. The van der Waals surface area contributed by atoms with Crippen LogP contribution in [0.3, 0.4) is 0 Å². The van der Waals surface area contributed by atoms with Gasteiger partial charge in [-0.1, -0.05) is 30.3 Å². The molecule has 6 nitrogen and oxygen atoms in total. The van der Waals surface area contributed by atoms with Crippen LogP contribution < -0.4 is 15.8 Å². The first kappa shape index (κ1) is 18.5. The van der Waals surface area contributed by atoms with E-state index in [-0.39, 0.29) is 18.6 Å². The largest absolute Gasteiger partial charge is 0.484 e. The summed E-state index contributed by atoms with van der Waals surface area (Å²) >= 11 is 0. The normalized spacial score (nSPS) is 11.8. The predicted octanol–water partition coefficient (Wildman–Crippen LogP) is 1.58. The second-order valence-electron chi connectivity index (χ2n) is 5.98. The Labute approximate surface area is 147 Å². The van der Waals surface area contributed by atoms with E-state index >= 15 is 0 Å². The van der Waals surface area contributed by atoms with Crippen molar-refractivity contribution in [2.75, 3.05) is 27.2 Å². The lowest BCUT2D eigenvalue weighted by atomic mass is 10.1. The summed E-state index contributed by atoms with van der Waals surface area (Å²) in [5.41, 5.74) is 6.60. The van der Waals surface area contributed by atoms with Gasteiger partial charge < -0.3 is 20.7 Å². The molecule has 6 heteroatoms. The number of amides is 2. The molecular weight excluding hydrogens is 318 g/mol. The second-order valence-corrected chi connectivity index (χ2v) is 5.98. The maximum absolute atomic E-state index is 12.5. The molecule has 2 rings (SSSR count). The maximum Gasteiger partial charge on any atom is 0.255 e. The van der Waals surface area contributed by atoms with E-state index in [4.69, 9.17) is 10.5 Å². The molecular formula is C19H23N3O3. The van der Waals surface area contributed by atoms with E-state index in [1.165, 1.54) is 0 Å². The third kappa shape index (κ3) is 5.93. The summed E-state index contributed by atoms with van der Waals surface area (Å²) in [5, 5.41) is 3.06. The van der Waals surface area contributed by atoms with E-state index in [0.29, 0.717) is 17.9 Å². The summed E-state index contributed by atoms with van der Waals surface area (Å²) in [6, 6.07) is 16.3. The molecule has 0 saturated carbocycles. The zero-order valence-electron chi connectivity index (χ0n) is 14.4. The minimum absolute atomic E-state index is 0.116. The molecule has 0 spiro atoms. The number of hydrogen-bond donors (Lipinski definition) is 2. The van der Waals surface area contributed by atoms with Gasteiger partial charge in [0.25, 0.3) is 11.8 Å². The Hall–Kier alpha value is -2.86. The highest BCUT2D eigenvalue weighted by atomic mass is 16.5. The zero-order valence-corrected chi connectivity index (χ0v) is 14.4. The van der Waals surface area contributed by atoms with Crippen LogP contribution >= 0.6 is 0 Å². The van der Waals surface area contributed by atoms with Crippen LogP contribution in [0.5, 0.6) is 5.75 Å². The SMILES string of the molecule is CN(C)C[C@@H](NC(=O)c1ccc(OCC(N)=O)cc1)c1ccccc1. The molecule has 0 heterocycles. The topological polar surface area (TPSA) is 84.7 Å². The molecule has 0 saturated heterocycles. The van der Waals surface area contributed by atoms with Crippen molar-refractivity contribution < 1.29 is 14.3 Å². The molecule has 0 aliphatic heterocycles. The first-order valence-corrected chi connectivity index (χ1v) is 7.97. The molecule has 0 unspecified atom stereocenters. The van der Waals surface area contributed by atoms with Crippen LogP contribution in [0, 0.1) is 0 Å². The maximum atomic E-state index is 12.5. The van der Waals surface area contributed by atoms with E-state index < -0.39 is 5.91 Å². The van der Waals surface area contributed by atoms with Crippen molar-refractivity contribution in [1.82, 2.24) is 10.2 Å². The van der Waals surface area contributed by atoms with Gasteiger partial charge in [0.15, 0.2) is 6.61 Å². The Morgan fingerprint density at radius 1 is 1.08 bits per heavy atom. The lowest BCUT2D eigenvalue weighted by Gasteiger charge is -2.23. The van der Waals surface area contributed by atoms with E-state index in [9.17, 15) is 9.59 Å². The number of benzene rings is 2. The van der Waals surface area contributed by atoms with Crippen molar-refractivity contribution in [2.24, 2.45) is 5.73 Å². The molecule has 25 heavy (non-hydrogen) atoms. The quantitative estimate of drug-likeness (QED) is 0.763. The molecule has 2 aromatic rings. The van der Waals surface area contributed by atoms with Crippen LogP contribution in [-0.2, 0) is 4.79 Å². The Bertz CT molecular complexity index is 700. The average Bonchev–Trinajstić information content (AvgIpc) is 2.60. The highest BCUT2D eigenvalue weighted by Gasteiger charge is 2.16. The minimum Gasteiger partial charge on any atom is -0.484 e. The fourth-order valence-electron chi connectivity index (χ4n) is 2.38. The van der Waals surface area contributed by atoms with Crippen LogP contribution in [0.4, 0.5) is 0 Å². The van der Waals surface area contributed by atoms with Gasteiger partial charge in [-0.05, 0) is 43.9 Å². The number of carbonyl (C=O) groups excluding carboxylic acids is 2. The van der Waals surface area contributed by atoms with Crippen LogP contribution in [0.25, 0.3) is 0 Å². The molecule has 0 bridgehead atoms. The van der Waals surface area contributed by atoms with Crippen molar-refractivity contribution in [3.63, 3.8) is 0 Å². The summed E-state index contributed by atoms with van der Waals surface area (Å²) in [6.07, 6.45) is 0. The Morgan fingerprint density at radius 2 is 1.72 bits per heavy atom.